The fraction of sp³-hybridized carbons (Fsp3) is 0.800. The molecule has 0 spiro atoms. The van der Waals surface area contributed by atoms with Gasteiger partial charge in [-0.1, -0.05) is 0 Å². The third kappa shape index (κ3) is 1.65. The van der Waals surface area contributed by atoms with E-state index in [1.54, 1.807) is 0 Å². The summed E-state index contributed by atoms with van der Waals surface area (Å²) in [5, 5.41) is 6.87. The number of amides is 1. The average Bonchev–Trinajstić information content (AvgIpc) is 1.90. The van der Waals surface area contributed by atoms with Gasteiger partial charge in [-0.15, -0.1) is 0 Å². The van der Waals surface area contributed by atoms with E-state index in [1.165, 1.54) is 0 Å². The lowest BCUT2D eigenvalue weighted by Crippen LogP contribution is -2.48. The highest BCUT2D eigenvalue weighted by atomic mass is 16.1. The fourth-order valence-corrected chi connectivity index (χ4v) is 0.819. The Morgan fingerprint density at radius 2 is 2.56 bits per heavy atom. The van der Waals surface area contributed by atoms with E-state index in [9.17, 15) is 4.79 Å². The molecule has 1 radical (unpaired) electrons. The predicted molar refractivity (Wildman–Crippen MR) is 32.6 cm³/mol. The smallest absolute Gasteiger partial charge is 0.234 e. The molecule has 1 unspecified atom stereocenters. The topological polar surface area (TPSA) is 69.2 Å². The molecule has 0 aliphatic carbocycles. The number of hydrogen-bond acceptors (Lipinski definition) is 2. The first-order chi connectivity index (χ1) is 4.30. The molecular formula is C5H10N3O. The van der Waals surface area contributed by atoms with Crippen LogP contribution in [-0.4, -0.2) is 25.2 Å². The van der Waals surface area contributed by atoms with Crippen LogP contribution in [0.5, 0.6) is 0 Å². The Balaban J connectivity index is 2.31. The summed E-state index contributed by atoms with van der Waals surface area (Å²) >= 11 is 0. The molecule has 9 heavy (non-hydrogen) atoms. The molecule has 4 nitrogen and oxygen atoms in total. The number of nitrogens with one attached hydrogen (secondary N) is 1. The van der Waals surface area contributed by atoms with Gasteiger partial charge >= 0.3 is 0 Å². The second-order valence-corrected chi connectivity index (χ2v) is 2.05. The largest absolute Gasteiger partial charge is 0.368 e. The standard InChI is InChI=1S/C5H10N3O/c6-5(9)4-1-2-7-3-8-4/h4,8H,1-3H2,(H2,6,9). The van der Waals surface area contributed by atoms with Crippen molar-refractivity contribution in [2.45, 2.75) is 12.5 Å². The molecule has 0 saturated carbocycles. The van der Waals surface area contributed by atoms with Gasteiger partial charge in [-0.05, 0) is 6.42 Å². The molecule has 1 aliphatic rings. The van der Waals surface area contributed by atoms with Crippen LogP contribution >= 0.6 is 0 Å². The van der Waals surface area contributed by atoms with E-state index in [0.29, 0.717) is 6.67 Å². The highest BCUT2D eigenvalue weighted by Gasteiger charge is 2.16. The number of nitrogens with zero attached hydrogens (tertiary/aromatic N) is 1. The minimum absolute atomic E-state index is 0.150. The van der Waals surface area contributed by atoms with E-state index in [2.05, 4.69) is 10.6 Å². The minimum Gasteiger partial charge on any atom is -0.368 e. The Hall–Kier alpha value is -0.610. The van der Waals surface area contributed by atoms with Gasteiger partial charge in [-0.3, -0.25) is 10.1 Å². The number of carbonyl (C=O) groups excluding carboxylic acids is 1. The molecule has 1 atom stereocenters. The molecule has 1 rings (SSSR count). The van der Waals surface area contributed by atoms with Gasteiger partial charge in [0, 0.05) is 6.54 Å². The highest BCUT2D eigenvalue weighted by molar-refractivity contribution is 5.79. The molecule has 4 heteroatoms. The van der Waals surface area contributed by atoms with E-state index in [-0.39, 0.29) is 11.9 Å². The van der Waals surface area contributed by atoms with Crippen LogP contribution in [0.25, 0.3) is 0 Å². The van der Waals surface area contributed by atoms with Gasteiger partial charge in [0.2, 0.25) is 5.91 Å². The first-order valence-corrected chi connectivity index (χ1v) is 2.96. The van der Waals surface area contributed by atoms with Crippen LogP contribution in [0.1, 0.15) is 6.42 Å². The lowest BCUT2D eigenvalue weighted by atomic mass is 10.2. The quantitative estimate of drug-likeness (QED) is 0.446. The third-order valence-corrected chi connectivity index (χ3v) is 1.37. The molecule has 0 aromatic rings. The van der Waals surface area contributed by atoms with Crippen LogP contribution in [0.4, 0.5) is 0 Å². The summed E-state index contributed by atoms with van der Waals surface area (Å²) in [5.41, 5.74) is 5.02. The maximum Gasteiger partial charge on any atom is 0.234 e. The summed E-state index contributed by atoms with van der Waals surface area (Å²) in [6.07, 6.45) is 0.745. The van der Waals surface area contributed by atoms with Crippen molar-refractivity contribution in [1.82, 2.24) is 10.6 Å². The highest BCUT2D eigenvalue weighted by Crippen LogP contribution is 1.93. The Morgan fingerprint density at radius 3 is 2.89 bits per heavy atom. The predicted octanol–water partition coefficient (Wildman–Crippen LogP) is -1.60. The van der Waals surface area contributed by atoms with Crippen molar-refractivity contribution in [1.29, 1.82) is 0 Å². The van der Waals surface area contributed by atoms with Crippen molar-refractivity contribution < 1.29 is 4.79 Å². The van der Waals surface area contributed by atoms with E-state index in [0.717, 1.165) is 13.0 Å². The maximum absolute atomic E-state index is 10.5. The average molecular weight is 128 g/mol. The van der Waals surface area contributed by atoms with Crippen molar-refractivity contribution in [3.05, 3.63) is 0 Å². The van der Waals surface area contributed by atoms with Crippen molar-refractivity contribution >= 4 is 5.91 Å². The molecule has 0 aromatic carbocycles. The Kier molecular flexibility index (Phi) is 2.02. The Labute approximate surface area is 53.8 Å². The summed E-state index contributed by atoms with van der Waals surface area (Å²) in [6, 6.07) is -0.150. The van der Waals surface area contributed by atoms with Gasteiger partial charge < -0.3 is 5.73 Å². The molecule has 1 aliphatic heterocycles. The zero-order valence-electron chi connectivity index (χ0n) is 5.13. The van der Waals surface area contributed by atoms with Crippen LogP contribution in [0.15, 0.2) is 0 Å². The SMILES string of the molecule is NC(=O)C1CC[N]CN1. The molecule has 3 N–H and O–H groups in total. The lowest BCUT2D eigenvalue weighted by molar-refractivity contribution is -0.120. The van der Waals surface area contributed by atoms with Gasteiger partial charge in [-0.25, -0.2) is 5.32 Å². The minimum atomic E-state index is -0.273. The summed E-state index contributed by atoms with van der Waals surface area (Å²) < 4.78 is 0. The number of rotatable bonds is 1. The Morgan fingerprint density at radius 1 is 1.78 bits per heavy atom. The summed E-state index contributed by atoms with van der Waals surface area (Å²) in [7, 11) is 0. The third-order valence-electron chi connectivity index (χ3n) is 1.37. The van der Waals surface area contributed by atoms with Crippen molar-refractivity contribution in [3.63, 3.8) is 0 Å². The van der Waals surface area contributed by atoms with E-state index in [1.807, 2.05) is 0 Å². The van der Waals surface area contributed by atoms with Crippen molar-refractivity contribution in [3.8, 4) is 0 Å². The molecule has 1 fully saturated rings. The molecule has 1 saturated heterocycles. The monoisotopic (exact) mass is 128 g/mol. The second-order valence-electron chi connectivity index (χ2n) is 2.05. The van der Waals surface area contributed by atoms with Gasteiger partial charge in [0.25, 0.3) is 0 Å². The van der Waals surface area contributed by atoms with Gasteiger partial charge in [-0.2, -0.15) is 0 Å². The molecule has 1 heterocycles. The Bertz CT molecular complexity index is 109. The van der Waals surface area contributed by atoms with Crippen LogP contribution in [0, 0.1) is 0 Å². The summed E-state index contributed by atoms with van der Waals surface area (Å²) in [5.74, 6) is -0.273. The van der Waals surface area contributed by atoms with Gasteiger partial charge in [0.1, 0.15) is 0 Å². The van der Waals surface area contributed by atoms with E-state index >= 15 is 0 Å². The first-order valence-electron chi connectivity index (χ1n) is 2.96. The van der Waals surface area contributed by atoms with Gasteiger partial charge in [0.05, 0.1) is 12.7 Å². The zero-order valence-corrected chi connectivity index (χ0v) is 5.13. The normalized spacial score (nSPS) is 27.8. The molecule has 0 aromatic heterocycles. The van der Waals surface area contributed by atoms with E-state index < -0.39 is 0 Å². The number of carbonyl (C=O) groups is 1. The summed E-state index contributed by atoms with van der Waals surface area (Å²) in [6.45, 7) is 1.31. The van der Waals surface area contributed by atoms with Crippen LogP contribution in [0.2, 0.25) is 0 Å². The number of nitrogens with two attached hydrogens (primary N) is 1. The van der Waals surface area contributed by atoms with Gasteiger partial charge in [0.15, 0.2) is 0 Å². The van der Waals surface area contributed by atoms with Crippen molar-refractivity contribution in [2.24, 2.45) is 5.73 Å². The molecular weight excluding hydrogens is 118 g/mol. The fourth-order valence-electron chi connectivity index (χ4n) is 0.819. The number of hydrogen-bond donors (Lipinski definition) is 2. The first kappa shape index (κ1) is 6.51. The van der Waals surface area contributed by atoms with Crippen LogP contribution < -0.4 is 16.4 Å². The summed E-state index contributed by atoms with van der Waals surface area (Å²) in [4.78, 5) is 10.5. The van der Waals surface area contributed by atoms with Crippen molar-refractivity contribution in [2.75, 3.05) is 13.2 Å². The maximum atomic E-state index is 10.5. The van der Waals surface area contributed by atoms with Crippen LogP contribution in [0.3, 0.4) is 0 Å². The van der Waals surface area contributed by atoms with Crippen LogP contribution in [-0.2, 0) is 4.79 Å². The molecule has 0 bridgehead atoms. The molecule has 1 amide bonds. The second kappa shape index (κ2) is 2.80. The lowest BCUT2D eigenvalue weighted by Gasteiger charge is -2.19. The zero-order chi connectivity index (χ0) is 6.69. The van der Waals surface area contributed by atoms with E-state index in [4.69, 9.17) is 5.73 Å². The molecule has 51 valence electrons. The number of primary amides is 1.